The summed E-state index contributed by atoms with van der Waals surface area (Å²) in [5.74, 6) is 0.565. The molecule has 1 unspecified atom stereocenters. The van der Waals surface area contributed by atoms with Crippen LogP contribution in [0.25, 0.3) is 0 Å². The van der Waals surface area contributed by atoms with Crippen LogP contribution in [0.15, 0.2) is 36.7 Å². The largest absolute Gasteiger partial charge is 0.338 e. The summed E-state index contributed by atoms with van der Waals surface area (Å²) in [5, 5.41) is 2.96. The molecule has 0 radical (unpaired) electrons. The number of aryl methyl sites for hydroxylation is 1. The molecule has 5 nitrogen and oxygen atoms in total. The Morgan fingerprint density at radius 3 is 2.68 bits per heavy atom. The Bertz CT molecular complexity index is 714. The van der Waals surface area contributed by atoms with Gasteiger partial charge in [-0.3, -0.25) is 4.79 Å². The molecule has 3 rings (SSSR count). The van der Waals surface area contributed by atoms with Crippen LogP contribution < -0.4 is 10.2 Å². The van der Waals surface area contributed by atoms with Gasteiger partial charge in [-0.05, 0) is 43.7 Å². The van der Waals surface area contributed by atoms with Crippen molar-refractivity contribution in [2.75, 3.05) is 16.8 Å². The maximum Gasteiger partial charge on any atom is 0.258 e. The van der Waals surface area contributed by atoms with Crippen LogP contribution in [-0.4, -0.2) is 28.5 Å². The van der Waals surface area contributed by atoms with Crippen molar-refractivity contribution in [3.63, 3.8) is 0 Å². The molecule has 1 saturated heterocycles. The highest BCUT2D eigenvalue weighted by molar-refractivity contribution is 6.04. The Labute approximate surface area is 149 Å². The van der Waals surface area contributed by atoms with Gasteiger partial charge < -0.3 is 10.2 Å². The summed E-state index contributed by atoms with van der Waals surface area (Å²) >= 11 is 0. The Morgan fingerprint density at radius 1 is 1.20 bits per heavy atom. The van der Waals surface area contributed by atoms with Gasteiger partial charge in [-0.15, -0.1) is 0 Å². The third kappa shape index (κ3) is 3.98. The minimum absolute atomic E-state index is 0.168. The molecular weight excluding hydrogens is 312 g/mol. The minimum atomic E-state index is -0.168. The van der Waals surface area contributed by atoms with E-state index >= 15 is 0 Å². The van der Waals surface area contributed by atoms with E-state index in [0.717, 1.165) is 36.6 Å². The molecule has 0 bridgehead atoms. The lowest BCUT2D eigenvalue weighted by Crippen LogP contribution is -2.40. The Morgan fingerprint density at radius 2 is 1.96 bits per heavy atom. The summed E-state index contributed by atoms with van der Waals surface area (Å²) in [4.78, 5) is 23.7. The third-order valence-electron chi connectivity index (χ3n) is 4.90. The molecule has 1 amide bonds. The lowest BCUT2D eigenvalue weighted by atomic mass is 10.0. The molecule has 0 spiro atoms. The molecule has 1 aromatic heterocycles. The second-order valence-corrected chi connectivity index (χ2v) is 6.49. The van der Waals surface area contributed by atoms with Gasteiger partial charge in [0.1, 0.15) is 0 Å². The van der Waals surface area contributed by atoms with Crippen molar-refractivity contribution in [2.24, 2.45) is 0 Å². The number of piperidine rings is 1. The van der Waals surface area contributed by atoms with Gasteiger partial charge >= 0.3 is 0 Å². The molecule has 1 atom stereocenters. The molecule has 25 heavy (non-hydrogen) atoms. The topological polar surface area (TPSA) is 58.1 Å². The number of para-hydroxylation sites is 1. The molecule has 1 aliphatic heterocycles. The third-order valence-corrected chi connectivity index (χ3v) is 4.90. The van der Waals surface area contributed by atoms with Gasteiger partial charge in [0, 0.05) is 30.7 Å². The number of amides is 1. The van der Waals surface area contributed by atoms with Crippen molar-refractivity contribution in [1.29, 1.82) is 0 Å². The first-order chi connectivity index (χ1) is 12.2. The number of nitrogens with one attached hydrogen (secondary N) is 1. The van der Waals surface area contributed by atoms with E-state index in [1.165, 1.54) is 19.3 Å². The molecule has 1 aliphatic rings. The monoisotopic (exact) mass is 338 g/mol. The highest BCUT2D eigenvalue weighted by atomic mass is 16.1. The van der Waals surface area contributed by atoms with Crippen LogP contribution in [0.3, 0.4) is 0 Å². The smallest absolute Gasteiger partial charge is 0.258 e. The zero-order chi connectivity index (χ0) is 17.6. The van der Waals surface area contributed by atoms with Crippen molar-refractivity contribution in [3.05, 3.63) is 47.8 Å². The van der Waals surface area contributed by atoms with Crippen LogP contribution in [0.4, 0.5) is 11.6 Å². The van der Waals surface area contributed by atoms with Gasteiger partial charge in [0.25, 0.3) is 5.91 Å². The second-order valence-electron chi connectivity index (χ2n) is 6.49. The van der Waals surface area contributed by atoms with Crippen molar-refractivity contribution in [2.45, 2.75) is 52.0 Å². The number of aromatic nitrogens is 2. The van der Waals surface area contributed by atoms with Crippen molar-refractivity contribution in [3.8, 4) is 0 Å². The van der Waals surface area contributed by atoms with Crippen LogP contribution >= 0.6 is 0 Å². The SMILES string of the molecule is CCc1ccccc1NC(=O)c1cnc(N2CCCCC2CC)nc1. The summed E-state index contributed by atoms with van der Waals surface area (Å²) in [6, 6.07) is 8.36. The average molecular weight is 338 g/mol. The number of hydrogen-bond acceptors (Lipinski definition) is 4. The Hall–Kier alpha value is -2.43. The quantitative estimate of drug-likeness (QED) is 0.893. The van der Waals surface area contributed by atoms with Gasteiger partial charge in [-0.1, -0.05) is 32.0 Å². The van der Waals surface area contributed by atoms with Gasteiger partial charge in [0.2, 0.25) is 5.95 Å². The summed E-state index contributed by atoms with van der Waals surface area (Å²) in [6.45, 7) is 5.27. The fourth-order valence-corrected chi connectivity index (χ4v) is 3.42. The van der Waals surface area contributed by atoms with Crippen LogP contribution in [0.1, 0.15) is 55.5 Å². The molecular formula is C20H26N4O. The van der Waals surface area contributed by atoms with Gasteiger partial charge in [0.15, 0.2) is 0 Å². The molecule has 0 aliphatic carbocycles. The van der Waals surface area contributed by atoms with Crippen molar-refractivity contribution < 1.29 is 4.79 Å². The highest BCUT2D eigenvalue weighted by Crippen LogP contribution is 2.23. The van der Waals surface area contributed by atoms with E-state index in [1.54, 1.807) is 12.4 Å². The van der Waals surface area contributed by atoms with E-state index in [4.69, 9.17) is 0 Å². The summed E-state index contributed by atoms with van der Waals surface area (Å²) in [5.41, 5.74) is 2.45. The number of hydrogen-bond donors (Lipinski definition) is 1. The normalized spacial score (nSPS) is 17.4. The molecule has 2 aromatic rings. The maximum absolute atomic E-state index is 12.5. The van der Waals surface area contributed by atoms with E-state index in [0.29, 0.717) is 11.6 Å². The zero-order valence-corrected chi connectivity index (χ0v) is 15.0. The second kappa shape index (κ2) is 8.10. The summed E-state index contributed by atoms with van der Waals surface area (Å²) in [6.07, 6.45) is 8.87. The number of rotatable bonds is 5. The summed E-state index contributed by atoms with van der Waals surface area (Å²) in [7, 11) is 0. The lowest BCUT2D eigenvalue weighted by Gasteiger charge is -2.35. The molecule has 132 valence electrons. The predicted molar refractivity (Wildman–Crippen MR) is 101 cm³/mol. The van der Waals surface area contributed by atoms with E-state index < -0.39 is 0 Å². The zero-order valence-electron chi connectivity index (χ0n) is 15.0. The fourth-order valence-electron chi connectivity index (χ4n) is 3.42. The number of nitrogens with zero attached hydrogens (tertiary/aromatic N) is 3. The first-order valence-electron chi connectivity index (χ1n) is 9.20. The van der Waals surface area contributed by atoms with E-state index in [-0.39, 0.29) is 5.91 Å². The molecule has 2 heterocycles. The Kier molecular flexibility index (Phi) is 5.64. The van der Waals surface area contributed by atoms with Crippen LogP contribution in [0.5, 0.6) is 0 Å². The van der Waals surface area contributed by atoms with E-state index in [9.17, 15) is 4.79 Å². The number of anilines is 2. The maximum atomic E-state index is 12.5. The van der Waals surface area contributed by atoms with E-state index in [1.807, 2.05) is 24.3 Å². The first kappa shape index (κ1) is 17.4. The van der Waals surface area contributed by atoms with Gasteiger partial charge in [0.05, 0.1) is 5.56 Å². The van der Waals surface area contributed by atoms with E-state index in [2.05, 4.69) is 34.0 Å². The Balaban J connectivity index is 1.72. The molecule has 5 heteroatoms. The summed E-state index contributed by atoms with van der Waals surface area (Å²) < 4.78 is 0. The predicted octanol–water partition coefficient (Wildman–Crippen LogP) is 4.06. The minimum Gasteiger partial charge on any atom is -0.338 e. The molecule has 1 N–H and O–H groups in total. The van der Waals surface area contributed by atoms with Crippen molar-refractivity contribution in [1.82, 2.24) is 9.97 Å². The fraction of sp³-hybridized carbons (Fsp3) is 0.450. The highest BCUT2D eigenvalue weighted by Gasteiger charge is 2.23. The molecule has 0 saturated carbocycles. The number of carbonyl (C=O) groups is 1. The van der Waals surface area contributed by atoms with Gasteiger partial charge in [-0.25, -0.2) is 9.97 Å². The van der Waals surface area contributed by atoms with Crippen LogP contribution in [0, 0.1) is 0 Å². The van der Waals surface area contributed by atoms with Gasteiger partial charge in [-0.2, -0.15) is 0 Å². The molecule has 1 fully saturated rings. The van der Waals surface area contributed by atoms with Crippen LogP contribution in [-0.2, 0) is 6.42 Å². The average Bonchev–Trinajstić information content (AvgIpc) is 2.68. The standard InChI is InChI=1S/C20H26N4O/c1-3-15-9-5-6-11-18(15)23-19(25)16-13-21-20(22-14-16)24-12-8-7-10-17(24)4-2/h5-6,9,11,13-14,17H,3-4,7-8,10,12H2,1-2H3,(H,23,25). The van der Waals surface area contributed by atoms with Crippen LogP contribution in [0.2, 0.25) is 0 Å². The number of carbonyl (C=O) groups excluding carboxylic acids is 1. The number of benzene rings is 1. The lowest BCUT2D eigenvalue weighted by molar-refractivity contribution is 0.102. The molecule has 1 aromatic carbocycles. The van der Waals surface area contributed by atoms with Crippen molar-refractivity contribution >= 4 is 17.5 Å². The first-order valence-corrected chi connectivity index (χ1v) is 9.20.